The van der Waals surface area contributed by atoms with Crippen LogP contribution < -0.4 is 39.1 Å². The van der Waals surface area contributed by atoms with E-state index in [1.54, 1.807) is 0 Å². The first-order valence-corrected chi connectivity index (χ1v) is 4.77. The third-order valence-corrected chi connectivity index (χ3v) is 2.87. The second kappa shape index (κ2) is 5.21. The SMILES string of the molecule is O=C([O-])C1CCc2ccccc2N1Cl.[Na+]. The predicted octanol–water partition coefficient (Wildman–Crippen LogP) is -2.28. The number of carboxylic acids is 1. The van der Waals surface area contributed by atoms with Crippen molar-refractivity contribution in [1.82, 2.24) is 0 Å². The Kier molecular flexibility index (Phi) is 4.46. The maximum absolute atomic E-state index is 10.7. The van der Waals surface area contributed by atoms with Gasteiger partial charge in [0.1, 0.15) is 0 Å². The van der Waals surface area contributed by atoms with E-state index in [9.17, 15) is 9.90 Å². The van der Waals surface area contributed by atoms with Crippen LogP contribution in [0.15, 0.2) is 24.3 Å². The molecule has 74 valence electrons. The molecule has 0 fully saturated rings. The molecule has 0 bridgehead atoms. The van der Waals surface area contributed by atoms with Gasteiger partial charge in [-0.15, -0.1) is 0 Å². The fraction of sp³-hybridized carbons (Fsp3) is 0.300. The van der Waals surface area contributed by atoms with Crippen molar-refractivity contribution in [3.63, 3.8) is 0 Å². The number of carboxylic acid groups (broad SMARTS) is 1. The van der Waals surface area contributed by atoms with Crippen LogP contribution in [0, 0.1) is 0 Å². The van der Waals surface area contributed by atoms with Crippen molar-refractivity contribution in [3.05, 3.63) is 29.8 Å². The number of benzene rings is 1. The third kappa shape index (κ3) is 2.48. The number of carbonyl (C=O) groups is 1. The van der Waals surface area contributed by atoms with Gasteiger partial charge in [-0.1, -0.05) is 18.2 Å². The van der Waals surface area contributed by atoms with Crippen molar-refractivity contribution in [3.8, 4) is 0 Å². The Bertz CT molecular complexity index is 372. The molecule has 1 atom stereocenters. The normalized spacial score (nSPS) is 19.0. The van der Waals surface area contributed by atoms with Gasteiger partial charge in [0.2, 0.25) is 0 Å². The molecular weight excluding hydrogens is 225 g/mol. The maximum Gasteiger partial charge on any atom is 1.00 e. The van der Waals surface area contributed by atoms with Crippen LogP contribution in [-0.2, 0) is 11.2 Å². The average Bonchev–Trinajstić information content (AvgIpc) is 2.18. The summed E-state index contributed by atoms with van der Waals surface area (Å²) in [5.41, 5.74) is 1.86. The van der Waals surface area contributed by atoms with Crippen molar-refractivity contribution in [2.45, 2.75) is 18.9 Å². The molecule has 1 heterocycles. The van der Waals surface area contributed by atoms with Crippen molar-refractivity contribution in [2.75, 3.05) is 4.42 Å². The Labute approximate surface area is 115 Å². The first-order chi connectivity index (χ1) is 6.70. The number of nitrogens with zero attached hydrogens (tertiary/aromatic N) is 1. The van der Waals surface area contributed by atoms with Gasteiger partial charge in [0, 0.05) is 11.8 Å². The van der Waals surface area contributed by atoms with Crippen LogP contribution in [0.5, 0.6) is 0 Å². The van der Waals surface area contributed by atoms with E-state index in [1.807, 2.05) is 24.3 Å². The van der Waals surface area contributed by atoms with Crippen LogP contribution in [0.1, 0.15) is 12.0 Å². The van der Waals surface area contributed by atoms with E-state index in [-0.39, 0.29) is 29.6 Å². The number of para-hydroxylation sites is 1. The van der Waals surface area contributed by atoms with E-state index in [0.29, 0.717) is 6.42 Å². The van der Waals surface area contributed by atoms with Gasteiger partial charge in [0.15, 0.2) is 0 Å². The molecule has 2 rings (SSSR count). The van der Waals surface area contributed by atoms with Gasteiger partial charge in [0.05, 0.1) is 17.7 Å². The average molecular weight is 234 g/mol. The summed E-state index contributed by atoms with van der Waals surface area (Å²) in [6, 6.07) is 6.81. The molecule has 0 aromatic heterocycles. The summed E-state index contributed by atoms with van der Waals surface area (Å²) in [5.74, 6) is -1.12. The standard InChI is InChI=1S/C10H10ClNO2.Na/c11-12-8-4-2-1-3-7(8)5-6-9(12)10(13)14;/h1-4,9H,5-6H2,(H,13,14);/q;+1/p-1. The van der Waals surface area contributed by atoms with Crippen molar-refractivity contribution >= 4 is 23.4 Å². The molecule has 1 aliphatic rings. The van der Waals surface area contributed by atoms with Crippen LogP contribution >= 0.6 is 11.8 Å². The number of hydrogen-bond acceptors (Lipinski definition) is 3. The summed E-state index contributed by atoms with van der Waals surface area (Å²) in [5, 5.41) is 10.7. The number of anilines is 1. The molecule has 1 unspecified atom stereocenters. The zero-order chi connectivity index (χ0) is 10.1. The Hall–Kier alpha value is -0.220. The van der Waals surface area contributed by atoms with Crippen LogP contribution in [0.3, 0.4) is 0 Å². The molecular formula is C10H9ClNNaO2. The van der Waals surface area contributed by atoms with E-state index >= 15 is 0 Å². The molecule has 1 aromatic rings. The minimum Gasteiger partial charge on any atom is -0.548 e. The summed E-state index contributed by atoms with van der Waals surface area (Å²) in [4.78, 5) is 10.7. The quantitative estimate of drug-likeness (QED) is 0.405. The molecule has 0 amide bonds. The molecule has 3 nitrogen and oxygen atoms in total. The van der Waals surface area contributed by atoms with E-state index in [1.165, 1.54) is 4.42 Å². The fourth-order valence-electron chi connectivity index (χ4n) is 1.71. The molecule has 1 aliphatic heterocycles. The van der Waals surface area contributed by atoms with Crippen molar-refractivity contribution < 1.29 is 39.5 Å². The number of rotatable bonds is 1. The van der Waals surface area contributed by atoms with Crippen LogP contribution in [0.2, 0.25) is 0 Å². The fourth-order valence-corrected chi connectivity index (χ4v) is 2.06. The van der Waals surface area contributed by atoms with E-state index in [2.05, 4.69) is 0 Å². The van der Waals surface area contributed by atoms with Crippen LogP contribution in [0.25, 0.3) is 0 Å². The smallest absolute Gasteiger partial charge is 0.548 e. The van der Waals surface area contributed by atoms with Crippen molar-refractivity contribution in [1.29, 1.82) is 0 Å². The topological polar surface area (TPSA) is 43.4 Å². The minimum atomic E-state index is -1.12. The van der Waals surface area contributed by atoms with E-state index < -0.39 is 12.0 Å². The van der Waals surface area contributed by atoms with Gasteiger partial charge >= 0.3 is 29.6 Å². The number of aryl methyl sites for hydroxylation is 1. The summed E-state index contributed by atoms with van der Waals surface area (Å²) in [7, 11) is 0. The molecule has 0 N–H and O–H groups in total. The molecule has 0 saturated carbocycles. The first-order valence-electron chi connectivity index (χ1n) is 4.44. The van der Waals surface area contributed by atoms with Gasteiger partial charge in [-0.05, 0) is 24.5 Å². The molecule has 1 aromatic carbocycles. The number of carbonyl (C=O) groups excluding carboxylic acids is 1. The zero-order valence-electron chi connectivity index (χ0n) is 8.44. The number of halogens is 1. The van der Waals surface area contributed by atoms with Crippen LogP contribution in [0.4, 0.5) is 5.69 Å². The van der Waals surface area contributed by atoms with E-state index in [4.69, 9.17) is 11.8 Å². The second-order valence-electron chi connectivity index (χ2n) is 3.31. The Morgan fingerprint density at radius 3 is 2.80 bits per heavy atom. The predicted molar refractivity (Wildman–Crippen MR) is 51.9 cm³/mol. The monoisotopic (exact) mass is 233 g/mol. The van der Waals surface area contributed by atoms with Gasteiger partial charge in [0.25, 0.3) is 0 Å². The molecule has 5 heteroatoms. The largest absolute Gasteiger partial charge is 1.00 e. The number of fused-ring (bicyclic) bond motifs is 1. The molecule has 0 aliphatic carbocycles. The van der Waals surface area contributed by atoms with Gasteiger partial charge < -0.3 is 9.90 Å². The van der Waals surface area contributed by atoms with E-state index in [0.717, 1.165) is 17.7 Å². The summed E-state index contributed by atoms with van der Waals surface area (Å²) >= 11 is 5.92. The third-order valence-electron chi connectivity index (χ3n) is 2.45. The van der Waals surface area contributed by atoms with Gasteiger partial charge in [-0.25, -0.2) is 0 Å². The zero-order valence-corrected chi connectivity index (χ0v) is 11.2. The molecule has 0 spiro atoms. The summed E-state index contributed by atoms with van der Waals surface area (Å²) in [6.07, 6.45) is 1.24. The molecule has 15 heavy (non-hydrogen) atoms. The Balaban J connectivity index is 0.00000112. The summed E-state index contributed by atoms with van der Waals surface area (Å²) < 4.78 is 1.26. The summed E-state index contributed by atoms with van der Waals surface area (Å²) in [6.45, 7) is 0. The Morgan fingerprint density at radius 1 is 1.47 bits per heavy atom. The molecule has 0 saturated heterocycles. The number of hydrogen-bond donors (Lipinski definition) is 0. The molecule has 0 radical (unpaired) electrons. The minimum absolute atomic E-state index is 0. The van der Waals surface area contributed by atoms with Gasteiger partial charge in [-0.3, -0.25) is 4.42 Å². The van der Waals surface area contributed by atoms with Crippen molar-refractivity contribution in [2.24, 2.45) is 0 Å². The first kappa shape index (κ1) is 12.8. The maximum atomic E-state index is 10.7. The van der Waals surface area contributed by atoms with Gasteiger partial charge in [-0.2, -0.15) is 0 Å². The second-order valence-corrected chi connectivity index (χ2v) is 3.68. The number of aliphatic carboxylic acids is 1. The Morgan fingerprint density at radius 2 is 2.13 bits per heavy atom. The van der Waals surface area contributed by atoms with Crippen LogP contribution in [-0.4, -0.2) is 12.0 Å².